The maximum atomic E-state index is 10.3. The van der Waals surface area contributed by atoms with Gasteiger partial charge in [-0.1, -0.05) is 24.3 Å². The van der Waals surface area contributed by atoms with E-state index in [9.17, 15) is 19.8 Å². The van der Waals surface area contributed by atoms with Crippen molar-refractivity contribution < 1.29 is 28.8 Å². The second-order valence-corrected chi connectivity index (χ2v) is 8.06. The molecule has 0 aromatic heterocycles. The van der Waals surface area contributed by atoms with Gasteiger partial charge in [0.25, 0.3) is 0 Å². The van der Waals surface area contributed by atoms with Gasteiger partial charge in [-0.15, -0.1) is 0 Å². The van der Waals surface area contributed by atoms with E-state index in [0.29, 0.717) is 0 Å². The Kier molecular flexibility index (Phi) is 7.98. The number of carboxylic acids is 2. The molecule has 1 aromatic carbocycles. The quantitative estimate of drug-likeness (QED) is 0.676. The Balaban J connectivity index is 0.000000229. The number of amidine groups is 2. The number of allylic oxidation sites excluding steroid dienone is 2. The van der Waals surface area contributed by atoms with Crippen molar-refractivity contribution in [2.45, 2.75) is 27.7 Å². The molecule has 0 saturated carbocycles. The zero-order valence-electron chi connectivity index (χ0n) is 18.9. The molecule has 3 rings (SSSR count). The number of aliphatic imine (C=N–C) groups is 2. The third kappa shape index (κ3) is 6.75. The van der Waals surface area contributed by atoms with Gasteiger partial charge in [0.15, 0.2) is 0 Å². The fourth-order valence-corrected chi connectivity index (χ4v) is 2.79. The molecular weight excluding hydrogens is 384 g/mol. The van der Waals surface area contributed by atoms with Gasteiger partial charge in [0, 0.05) is 25.0 Å². The van der Waals surface area contributed by atoms with Gasteiger partial charge in [0.1, 0.15) is 12.4 Å². The van der Waals surface area contributed by atoms with Crippen LogP contribution < -0.4 is 10.2 Å². The highest BCUT2D eigenvalue weighted by atomic mass is 16.4. The van der Waals surface area contributed by atoms with E-state index in [4.69, 9.17) is 0 Å². The second kappa shape index (κ2) is 9.60. The molecule has 0 saturated heterocycles. The highest BCUT2D eigenvalue weighted by Crippen LogP contribution is 2.15. The minimum Gasteiger partial charge on any atom is -0.545 e. The van der Waals surface area contributed by atoms with Crippen LogP contribution in [0.25, 0.3) is 0 Å². The molecule has 30 heavy (non-hydrogen) atoms. The maximum Gasteiger partial charge on any atom is 0.204 e. The summed E-state index contributed by atoms with van der Waals surface area (Å²) >= 11 is 0. The minimum atomic E-state index is -1.52. The Morgan fingerprint density at radius 1 is 0.700 bits per heavy atom. The second-order valence-electron chi connectivity index (χ2n) is 8.06. The summed E-state index contributed by atoms with van der Waals surface area (Å²) in [6.07, 6.45) is 4.27. The number of carboxylic acid groups (broad SMARTS) is 2. The van der Waals surface area contributed by atoms with Gasteiger partial charge in [-0.3, -0.25) is 8.97 Å². The Morgan fingerprint density at radius 2 is 1.00 bits per heavy atom. The number of hydrogen-bond donors (Lipinski definition) is 0. The van der Waals surface area contributed by atoms with E-state index in [2.05, 4.69) is 50.6 Å². The zero-order valence-corrected chi connectivity index (χ0v) is 18.9. The fraction of sp³-hybridized carbons (Fsp3) is 0.364. The number of carbonyl (C=O) groups excluding carboxylic acids is 2. The van der Waals surface area contributed by atoms with E-state index >= 15 is 0 Å². The minimum absolute atomic E-state index is 0.363. The van der Waals surface area contributed by atoms with Crippen molar-refractivity contribution in [2.75, 3.05) is 28.2 Å². The summed E-state index contributed by atoms with van der Waals surface area (Å²) in [5.41, 5.74) is 1.52. The molecule has 0 spiro atoms. The van der Waals surface area contributed by atoms with Crippen LogP contribution in [0.2, 0.25) is 0 Å². The lowest BCUT2D eigenvalue weighted by Gasteiger charge is -2.18. The summed E-state index contributed by atoms with van der Waals surface area (Å²) in [5.74, 6) is -0.718. The number of benzene rings is 1. The topological polar surface area (TPSA) is 105 Å². The number of aromatic carboxylic acids is 2. The van der Waals surface area contributed by atoms with Crippen molar-refractivity contribution in [1.82, 2.24) is 0 Å². The summed E-state index contributed by atoms with van der Waals surface area (Å²) < 4.78 is 1.62. The summed E-state index contributed by atoms with van der Waals surface area (Å²) in [6, 6.07) is 5.14. The van der Waals surface area contributed by atoms with E-state index in [1.165, 1.54) is 12.1 Å². The Bertz CT molecular complexity index is 877. The van der Waals surface area contributed by atoms with E-state index < -0.39 is 11.9 Å². The zero-order chi connectivity index (χ0) is 23.3. The van der Waals surface area contributed by atoms with Crippen LogP contribution in [0.1, 0.15) is 48.4 Å². The Hall–Kier alpha value is -3.10. The molecule has 0 amide bonds. The van der Waals surface area contributed by atoms with Crippen LogP contribution in [-0.4, -0.2) is 60.8 Å². The molecular formula is C22H30N4O4. The van der Waals surface area contributed by atoms with E-state index in [1.54, 1.807) is 0 Å². The molecule has 1 aromatic rings. The highest BCUT2D eigenvalue weighted by molar-refractivity contribution is 5.99. The van der Waals surface area contributed by atoms with Gasteiger partial charge in [-0.2, -0.15) is 0 Å². The lowest BCUT2D eigenvalue weighted by molar-refractivity contribution is -0.740. The van der Waals surface area contributed by atoms with Crippen LogP contribution in [0.5, 0.6) is 0 Å². The van der Waals surface area contributed by atoms with Crippen molar-refractivity contribution in [3.8, 4) is 0 Å². The van der Waals surface area contributed by atoms with Gasteiger partial charge >= 0.3 is 0 Å². The van der Waals surface area contributed by atoms with Crippen LogP contribution in [0, 0.1) is 0 Å². The molecule has 0 bridgehead atoms. The first-order valence-corrected chi connectivity index (χ1v) is 9.37. The SMILES string of the molecule is CC1=C[N+](C)(C)C(C)=N1.CC1=C[N+](C)(C)C(C)=N1.O=C([O-])c1ccccc1C(=O)[O-]. The number of nitrogens with zero attached hydrogens (tertiary/aromatic N) is 4. The smallest absolute Gasteiger partial charge is 0.204 e. The number of carbonyl (C=O) groups is 2. The lowest BCUT2D eigenvalue weighted by atomic mass is 10.1. The molecule has 2 aliphatic heterocycles. The normalized spacial score (nSPS) is 17.9. The van der Waals surface area contributed by atoms with Crippen LogP contribution in [-0.2, 0) is 0 Å². The van der Waals surface area contributed by atoms with Crippen LogP contribution in [0.4, 0.5) is 0 Å². The Labute approximate surface area is 178 Å². The summed E-state index contributed by atoms with van der Waals surface area (Å²) in [5, 5.41) is 20.6. The molecule has 0 radical (unpaired) electrons. The third-order valence-electron chi connectivity index (χ3n) is 4.73. The van der Waals surface area contributed by atoms with E-state index in [1.807, 2.05) is 27.7 Å². The number of hydrogen-bond acceptors (Lipinski definition) is 6. The predicted molar refractivity (Wildman–Crippen MR) is 113 cm³/mol. The molecule has 0 N–H and O–H groups in total. The average molecular weight is 415 g/mol. The molecule has 2 aliphatic rings. The van der Waals surface area contributed by atoms with Crippen molar-refractivity contribution in [3.63, 3.8) is 0 Å². The van der Waals surface area contributed by atoms with Crippen molar-refractivity contribution >= 4 is 23.6 Å². The summed E-state index contributed by atoms with van der Waals surface area (Å²) in [4.78, 5) is 29.2. The molecule has 0 atom stereocenters. The van der Waals surface area contributed by atoms with Gasteiger partial charge in [0.05, 0.1) is 51.5 Å². The molecule has 0 aliphatic carbocycles. The Morgan fingerprint density at radius 3 is 1.13 bits per heavy atom. The maximum absolute atomic E-state index is 10.3. The third-order valence-corrected chi connectivity index (χ3v) is 4.73. The van der Waals surface area contributed by atoms with E-state index in [-0.39, 0.29) is 11.1 Å². The lowest BCUT2D eigenvalue weighted by Crippen LogP contribution is -2.35. The van der Waals surface area contributed by atoms with E-state index in [0.717, 1.165) is 44.2 Å². The first-order valence-electron chi connectivity index (χ1n) is 9.37. The molecule has 0 fully saturated rings. The molecule has 8 nitrogen and oxygen atoms in total. The van der Waals surface area contributed by atoms with Crippen molar-refractivity contribution in [2.24, 2.45) is 9.98 Å². The van der Waals surface area contributed by atoms with Crippen LogP contribution >= 0.6 is 0 Å². The first-order chi connectivity index (χ1) is 13.7. The molecule has 0 unspecified atom stereocenters. The van der Waals surface area contributed by atoms with Gasteiger partial charge in [-0.25, -0.2) is 9.98 Å². The van der Waals surface area contributed by atoms with Gasteiger partial charge in [0.2, 0.25) is 11.7 Å². The van der Waals surface area contributed by atoms with Gasteiger partial charge in [-0.05, 0) is 13.8 Å². The monoisotopic (exact) mass is 414 g/mol. The molecule has 162 valence electrons. The molecule has 8 heteroatoms. The first kappa shape index (κ1) is 24.9. The summed E-state index contributed by atoms with van der Waals surface area (Å²) in [7, 11) is 8.48. The standard InChI is InChI=1S/C8H6O4.2C7H13N2/c9-7(10)5-3-1-2-4-6(5)8(11)12;2*1-6-5-9(3,4)7(2)8-6/h1-4H,(H,9,10)(H,11,12);2*5H,1-4H3/q;2*+1/p-2. The largest absolute Gasteiger partial charge is 0.545 e. The van der Waals surface area contributed by atoms with Crippen molar-refractivity contribution in [3.05, 3.63) is 59.2 Å². The van der Waals surface area contributed by atoms with Crippen LogP contribution in [0.3, 0.4) is 0 Å². The predicted octanol–water partition coefficient (Wildman–Crippen LogP) is 1.13. The number of quaternary nitrogens is 2. The van der Waals surface area contributed by atoms with Gasteiger partial charge < -0.3 is 19.8 Å². The number of rotatable bonds is 2. The van der Waals surface area contributed by atoms with Crippen LogP contribution in [0.15, 0.2) is 58.0 Å². The van der Waals surface area contributed by atoms with Crippen molar-refractivity contribution in [1.29, 1.82) is 0 Å². The summed E-state index contributed by atoms with van der Waals surface area (Å²) in [6.45, 7) is 8.15. The highest BCUT2D eigenvalue weighted by Gasteiger charge is 2.23. The fourth-order valence-electron chi connectivity index (χ4n) is 2.79. The average Bonchev–Trinajstić information content (AvgIpc) is 2.99. The molecule has 2 heterocycles.